The highest BCUT2D eigenvalue weighted by Gasteiger charge is 2.83. The third-order valence-electron chi connectivity index (χ3n) is 10.9. The van der Waals surface area contributed by atoms with Crippen molar-refractivity contribution in [2.24, 2.45) is 0 Å². The van der Waals surface area contributed by atoms with Gasteiger partial charge in [0.25, 0.3) is 0 Å². The molecule has 0 radical (unpaired) electrons. The normalized spacial score (nSPS) is 15.8. The average molecular weight is 980 g/mol. The lowest BCUT2D eigenvalue weighted by atomic mass is 9.97. The first-order valence-electron chi connectivity index (χ1n) is 20.7. The number of halogens is 6. The van der Waals surface area contributed by atoms with Crippen molar-refractivity contribution in [2.75, 3.05) is 21.3 Å². The molecule has 2 aliphatic carbocycles. The second kappa shape index (κ2) is 22.1. The molecule has 1 N–H and O–H groups in total. The number of ether oxygens (including phenoxy) is 5. The van der Waals surface area contributed by atoms with Gasteiger partial charge in [0, 0.05) is 11.1 Å². The molecule has 0 amide bonds. The summed E-state index contributed by atoms with van der Waals surface area (Å²) < 4.78 is 172. The second-order valence-corrected chi connectivity index (χ2v) is 20.6. The molecule has 6 rings (SSSR count). The number of hydrogen-bond donors (Lipinski definition) is 1. The molecule has 0 aromatic heterocycles. The minimum Gasteiger partial charge on any atom is -0.497 e. The number of methoxy groups -OCH3 is 3. The molecule has 11 nitrogen and oxygen atoms in total. The van der Waals surface area contributed by atoms with Crippen molar-refractivity contribution in [3.05, 3.63) is 102 Å². The Bertz CT molecular complexity index is 2220. The van der Waals surface area contributed by atoms with Crippen LogP contribution in [0.5, 0.6) is 23.0 Å². The molecule has 0 aliphatic heterocycles. The van der Waals surface area contributed by atoms with Crippen LogP contribution in [-0.2, 0) is 53.8 Å². The number of benzene rings is 4. The minimum atomic E-state index is -7.16. The lowest BCUT2D eigenvalue weighted by molar-refractivity contribution is -0.247. The van der Waals surface area contributed by atoms with Crippen molar-refractivity contribution >= 4 is 31.1 Å². The molecule has 0 bridgehead atoms. The number of rotatable bonds is 18. The van der Waals surface area contributed by atoms with Crippen molar-refractivity contribution in [3.63, 3.8) is 0 Å². The van der Waals surface area contributed by atoms with E-state index in [0.717, 1.165) is 55.8 Å². The summed E-state index contributed by atoms with van der Waals surface area (Å²) in [5.41, 5.74) is 0.207. The van der Waals surface area contributed by atoms with E-state index in [2.05, 4.69) is 40.6 Å². The van der Waals surface area contributed by atoms with Crippen molar-refractivity contribution in [3.8, 4) is 23.0 Å². The quantitative estimate of drug-likeness (QED) is 0.0440. The lowest BCUT2D eigenvalue weighted by Crippen LogP contribution is -2.61. The van der Waals surface area contributed by atoms with Crippen molar-refractivity contribution in [2.45, 2.75) is 128 Å². The molecule has 4 aromatic carbocycles. The molecule has 0 spiro atoms. The van der Waals surface area contributed by atoms with Gasteiger partial charge in [0.05, 0.1) is 57.6 Å². The summed E-state index contributed by atoms with van der Waals surface area (Å²) in [7, 11) is -9.34. The minimum absolute atomic E-state index is 0.142. The number of alkyl halides is 6. The average Bonchev–Trinajstić information content (AvgIpc) is 3.29. The summed E-state index contributed by atoms with van der Waals surface area (Å²) in [5, 5.41) is -13.7. The Balaban J connectivity index is 0.000000271. The third-order valence-corrected chi connectivity index (χ3v) is 15.3. The van der Waals surface area contributed by atoms with E-state index >= 15 is 0 Å². The predicted octanol–water partition coefficient (Wildman–Crippen LogP) is 10.9. The Kier molecular flexibility index (Phi) is 17.6. The van der Waals surface area contributed by atoms with E-state index in [9.17, 15) is 43.2 Å². The summed E-state index contributed by atoms with van der Waals surface area (Å²) in [6.45, 7) is 0.829. The summed E-state index contributed by atoms with van der Waals surface area (Å²) in [6.07, 6.45) is 7.60. The van der Waals surface area contributed by atoms with Gasteiger partial charge in [-0.2, -0.15) is 43.2 Å². The topological polar surface area (TPSA) is 144 Å². The molecule has 2 aliphatic rings. The highest BCUT2D eigenvalue weighted by Crippen LogP contribution is 2.51. The molecule has 2 fully saturated rings. The van der Waals surface area contributed by atoms with Crippen LogP contribution in [-0.4, -0.2) is 71.4 Å². The number of aryl methyl sites for hydroxylation is 1. The first kappa shape index (κ1) is 51.8. The second-order valence-electron chi connectivity index (χ2n) is 15.5. The first-order valence-corrected chi connectivity index (χ1v) is 24.8. The summed E-state index contributed by atoms with van der Waals surface area (Å²) in [4.78, 5) is 3.70. The molecule has 4 aromatic rings. The number of hydrogen-bond acceptors (Lipinski definition) is 10. The molecular weight excluding hydrogens is 927 g/mol. The standard InChI is InChI=1S/C24H32F6O8S2.C21H21O3S/c1-16-12-17(14-36-19-8-4-2-5-9-19)21(18(13-16)15-37-20-10-6-3-7-11-20)38-40(34,35)24(29,30)22(25,26)23(27,28)39(31,32)33;1-22-16-4-10-19(11-5-16)25(20-12-6-17(23-2)7-13-20)21-14-8-18(24-3)9-15-21/h12-13,19-20H,2-11,14-15H2,1H3,(H,31,32,33);4-15H,1-3H3/q;+1. The highest BCUT2D eigenvalue weighted by molar-refractivity contribution is 7.97. The molecule has 20 heteroatoms. The zero-order valence-corrected chi connectivity index (χ0v) is 38.7. The monoisotopic (exact) mass is 979 g/mol. The van der Waals surface area contributed by atoms with Crippen LogP contribution >= 0.6 is 0 Å². The Morgan fingerprint density at radius 2 is 0.908 bits per heavy atom. The van der Waals surface area contributed by atoms with Gasteiger partial charge in [-0.1, -0.05) is 44.1 Å². The van der Waals surface area contributed by atoms with Crippen LogP contribution in [0.3, 0.4) is 0 Å². The van der Waals surface area contributed by atoms with Crippen LogP contribution in [0, 0.1) is 6.92 Å². The van der Waals surface area contributed by atoms with Crippen LogP contribution < -0.4 is 18.4 Å². The Morgan fingerprint density at radius 1 is 0.569 bits per heavy atom. The van der Waals surface area contributed by atoms with E-state index < -0.39 is 42.4 Å². The van der Waals surface area contributed by atoms with E-state index in [1.54, 1.807) is 28.3 Å². The molecule has 0 unspecified atom stereocenters. The SMILES string of the molecule is COc1ccc([S+](c2ccc(OC)cc2)c2ccc(OC)cc2)cc1.Cc1cc(COC2CCCCC2)c(OS(=O)(=O)C(F)(F)C(F)(F)C(F)(F)S(=O)(=O)O)c(COC2CCCCC2)c1. The maximum Gasteiger partial charge on any atom is 0.450 e. The Labute approximate surface area is 378 Å². The van der Waals surface area contributed by atoms with E-state index in [1.165, 1.54) is 26.8 Å². The first-order chi connectivity index (χ1) is 30.6. The van der Waals surface area contributed by atoms with Gasteiger partial charge < -0.3 is 27.9 Å². The summed E-state index contributed by atoms with van der Waals surface area (Å²) in [6, 6.07) is 27.4. The van der Waals surface area contributed by atoms with Gasteiger partial charge >= 0.3 is 36.7 Å². The molecular formula is C45H53F6O11S3+. The smallest absolute Gasteiger partial charge is 0.450 e. The van der Waals surface area contributed by atoms with E-state index in [1.807, 2.05) is 36.4 Å². The van der Waals surface area contributed by atoms with E-state index in [-0.39, 0.29) is 47.4 Å². The summed E-state index contributed by atoms with van der Waals surface area (Å²) in [5.74, 6) is -5.41. The zero-order valence-electron chi connectivity index (χ0n) is 36.2. The van der Waals surface area contributed by atoms with Crippen LogP contribution in [0.2, 0.25) is 0 Å². The van der Waals surface area contributed by atoms with E-state index in [4.69, 9.17) is 28.2 Å². The van der Waals surface area contributed by atoms with Gasteiger partial charge in [-0.3, -0.25) is 4.55 Å². The van der Waals surface area contributed by atoms with Crippen molar-refractivity contribution in [1.82, 2.24) is 0 Å². The third kappa shape index (κ3) is 12.4. The molecule has 2 saturated carbocycles. The van der Waals surface area contributed by atoms with Gasteiger partial charge in [-0.15, -0.1) is 0 Å². The molecule has 0 saturated heterocycles. The van der Waals surface area contributed by atoms with Crippen LogP contribution in [0.15, 0.2) is 99.6 Å². The van der Waals surface area contributed by atoms with Gasteiger partial charge in [0.1, 0.15) is 17.2 Å². The van der Waals surface area contributed by atoms with Gasteiger partial charge in [0.2, 0.25) is 0 Å². The largest absolute Gasteiger partial charge is 0.497 e. The fourth-order valence-corrected chi connectivity index (χ4v) is 10.9. The zero-order chi connectivity index (χ0) is 47.6. The van der Waals surface area contributed by atoms with Gasteiger partial charge in [-0.25, -0.2) is 0 Å². The maximum atomic E-state index is 14.6. The molecule has 358 valence electrons. The lowest BCUT2D eigenvalue weighted by Gasteiger charge is -2.30. The van der Waals surface area contributed by atoms with Crippen LogP contribution in [0.25, 0.3) is 0 Å². The molecule has 0 atom stereocenters. The molecule has 65 heavy (non-hydrogen) atoms. The summed E-state index contributed by atoms with van der Waals surface area (Å²) >= 11 is 0. The van der Waals surface area contributed by atoms with Crippen LogP contribution in [0.4, 0.5) is 26.3 Å². The Hall–Kier alpha value is -4.21. The maximum absolute atomic E-state index is 14.6. The highest BCUT2D eigenvalue weighted by atomic mass is 32.2. The van der Waals surface area contributed by atoms with Crippen molar-refractivity contribution < 1.29 is 75.6 Å². The molecule has 0 heterocycles. The van der Waals surface area contributed by atoms with E-state index in [0.29, 0.717) is 31.2 Å². The fraction of sp³-hybridized carbons (Fsp3) is 0.467. The van der Waals surface area contributed by atoms with Gasteiger partial charge in [0.15, 0.2) is 20.4 Å². The fourth-order valence-electron chi connectivity index (χ4n) is 7.32. The predicted molar refractivity (Wildman–Crippen MR) is 232 cm³/mol. The van der Waals surface area contributed by atoms with Gasteiger partial charge in [-0.05, 0) is 118 Å². The van der Waals surface area contributed by atoms with Crippen molar-refractivity contribution in [1.29, 1.82) is 0 Å². The van der Waals surface area contributed by atoms with Crippen LogP contribution in [0.1, 0.15) is 80.9 Å². The Morgan fingerprint density at radius 3 is 1.22 bits per heavy atom.